The number of sulfonamides is 1. The number of amides is 1. The number of carbonyl (C=O) groups excluding carboxylic acids is 1. The molecule has 0 radical (unpaired) electrons. The van der Waals surface area contributed by atoms with Crippen molar-refractivity contribution in [2.75, 3.05) is 19.6 Å². The van der Waals surface area contributed by atoms with Gasteiger partial charge < -0.3 is 4.90 Å². The quantitative estimate of drug-likeness (QED) is 0.778. The fourth-order valence-corrected chi connectivity index (χ4v) is 2.79. The minimum absolute atomic E-state index is 0.0809. The van der Waals surface area contributed by atoms with Gasteiger partial charge in [0.15, 0.2) is 0 Å². The van der Waals surface area contributed by atoms with Gasteiger partial charge in [-0.2, -0.15) is 0 Å². The molecule has 0 heterocycles. The number of nitrogens with zero attached hydrogens (tertiary/aromatic N) is 1. The van der Waals surface area contributed by atoms with Crippen molar-refractivity contribution in [3.8, 4) is 0 Å². The molecule has 0 aliphatic carbocycles. The molecule has 0 fully saturated rings. The summed E-state index contributed by atoms with van der Waals surface area (Å²) in [4.78, 5) is 13.9. The van der Waals surface area contributed by atoms with Crippen molar-refractivity contribution in [1.29, 1.82) is 0 Å². The van der Waals surface area contributed by atoms with E-state index in [1.54, 1.807) is 17.0 Å². The molecule has 0 saturated heterocycles. The first kappa shape index (κ1) is 16.4. The molecule has 0 unspecified atom stereocenters. The predicted octanol–water partition coefficient (Wildman–Crippen LogP) is 1.63. The van der Waals surface area contributed by atoms with Crippen molar-refractivity contribution < 1.29 is 13.2 Å². The zero-order valence-electron chi connectivity index (χ0n) is 11.8. The summed E-state index contributed by atoms with van der Waals surface area (Å²) < 4.78 is 26.4. The molecule has 0 aliphatic heterocycles. The number of benzene rings is 1. The number of hydrogen-bond donors (Lipinski definition) is 1. The van der Waals surface area contributed by atoms with Gasteiger partial charge in [0.1, 0.15) is 0 Å². The second-order valence-electron chi connectivity index (χ2n) is 4.15. The summed E-state index contributed by atoms with van der Waals surface area (Å²) in [5.41, 5.74) is 0.371. The number of nitrogens with one attached hydrogen (secondary N) is 1. The third kappa shape index (κ3) is 3.91. The average molecular weight is 296 g/mol. The summed E-state index contributed by atoms with van der Waals surface area (Å²) in [5, 5.41) is 0. The van der Waals surface area contributed by atoms with Gasteiger partial charge in [-0.3, -0.25) is 4.79 Å². The maximum absolute atomic E-state index is 12.2. The van der Waals surface area contributed by atoms with E-state index in [-0.39, 0.29) is 17.3 Å². The molecule has 1 aromatic rings. The van der Waals surface area contributed by atoms with Gasteiger partial charge in [-0.15, -0.1) is 6.58 Å². The fourth-order valence-electron chi connectivity index (χ4n) is 1.74. The van der Waals surface area contributed by atoms with Crippen molar-refractivity contribution in [2.24, 2.45) is 0 Å². The number of hydrogen-bond acceptors (Lipinski definition) is 3. The van der Waals surface area contributed by atoms with E-state index in [9.17, 15) is 13.2 Å². The van der Waals surface area contributed by atoms with Crippen molar-refractivity contribution in [2.45, 2.75) is 18.7 Å². The third-order valence-corrected chi connectivity index (χ3v) is 4.28. The molecule has 0 aromatic heterocycles. The molecular formula is C14H20N2O3S. The molecule has 1 aromatic carbocycles. The van der Waals surface area contributed by atoms with E-state index in [2.05, 4.69) is 11.3 Å². The molecule has 20 heavy (non-hydrogen) atoms. The van der Waals surface area contributed by atoms with Crippen molar-refractivity contribution in [3.63, 3.8) is 0 Å². The molecule has 110 valence electrons. The van der Waals surface area contributed by atoms with Gasteiger partial charge >= 0.3 is 0 Å². The molecule has 0 atom stereocenters. The van der Waals surface area contributed by atoms with E-state index in [0.717, 1.165) is 0 Å². The fraction of sp³-hybridized carbons (Fsp3) is 0.357. The van der Waals surface area contributed by atoms with E-state index in [4.69, 9.17) is 0 Å². The molecular weight excluding hydrogens is 276 g/mol. The average Bonchev–Trinajstić information content (AvgIpc) is 2.46. The van der Waals surface area contributed by atoms with E-state index < -0.39 is 10.0 Å². The van der Waals surface area contributed by atoms with E-state index in [1.807, 2.05) is 13.8 Å². The molecule has 6 heteroatoms. The zero-order valence-corrected chi connectivity index (χ0v) is 12.6. The molecule has 0 saturated carbocycles. The summed E-state index contributed by atoms with van der Waals surface area (Å²) in [6, 6.07) is 6.04. The third-order valence-electron chi connectivity index (χ3n) is 2.86. The first-order valence-corrected chi connectivity index (χ1v) is 7.94. The molecule has 0 bridgehead atoms. The lowest BCUT2D eigenvalue weighted by atomic mass is 10.2. The minimum Gasteiger partial charge on any atom is -0.339 e. The Morgan fingerprint density at radius 3 is 2.55 bits per heavy atom. The normalized spacial score (nSPS) is 11.1. The Kier molecular flexibility index (Phi) is 5.91. The summed E-state index contributed by atoms with van der Waals surface area (Å²) in [6.45, 7) is 8.54. The van der Waals surface area contributed by atoms with Gasteiger partial charge in [0.05, 0.1) is 4.90 Å². The monoisotopic (exact) mass is 296 g/mol. The van der Waals surface area contributed by atoms with Crippen molar-refractivity contribution in [3.05, 3.63) is 42.5 Å². The van der Waals surface area contributed by atoms with Gasteiger partial charge in [0.25, 0.3) is 5.91 Å². The Bertz CT molecular complexity index is 578. The second kappa shape index (κ2) is 7.21. The van der Waals surface area contributed by atoms with Gasteiger partial charge in [0, 0.05) is 25.2 Å². The molecule has 0 aliphatic rings. The van der Waals surface area contributed by atoms with Crippen LogP contribution in [-0.4, -0.2) is 38.9 Å². The van der Waals surface area contributed by atoms with E-state index in [1.165, 1.54) is 18.2 Å². The summed E-state index contributed by atoms with van der Waals surface area (Å²) in [7, 11) is -3.61. The van der Waals surface area contributed by atoms with Crippen LogP contribution in [0.5, 0.6) is 0 Å². The van der Waals surface area contributed by atoms with Crippen LogP contribution in [0.1, 0.15) is 24.2 Å². The van der Waals surface area contributed by atoms with Crippen LogP contribution in [0.25, 0.3) is 0 Å². The highest BCUT2D eigenvalue weighted by molar-refractivity contribution is 7.89. The lowest BCUT2D eigenvalue weighted by molar-refractivity contribution is 0.0772. The Morgan fingerprint density at radius 1 is 1.35 bits per heavy atom. The highest BCUT2D eigenvalue weighted by Gasteiger charge is 2.17. The predicted molar refractivity (Wildman–Crippen MR) is 79.1 cm³/mol. The summed E-state index contributed by atoms with van der Waals surface area (Å²) in [6.07, 6.45) is 1.46. The highest BCUT2D eigenvalue weighted by Crippen LogP contribution is 2.13. The number of carbonyl (C=O) groups is 1. The van der Waals surface area contributed by atoms with E-state index in [0.29, 0.717) is 18.7 Å². The zero-order chi connectivity index (χ0) is 15.2. The van der Waals surface area contributed by atoms with Crippen LogP contribution >= 0.6 is 0 Å². The Morgan fingerprint density at radius 2 is 2.00 bits per heavy atom. The SMILES string of the molecule is C=CCNS(=O)(=O)c1cccc(C(=O)N(CC)CC)c1. The minimum atomic E-state index is -3.61. The van der Waals surface area contributed by atoms with Gasteiger partial charge in [0.2, 0.25) is 10.0 Å². The van der Waals surface area contributed by atoms with Crippen molar-refractivity contribution in [1.82, 2.24) is 9.62 Å². The Balaban J connectivity index is 3.07. The highest BCUT2D eigenvalue weighted by atomic mass is 32.2. The van der Waals surface area contributed by atoms with Crippen LogP contribution in [0.3, 0.4) is 0 Å². The van der Waals surface area contributed by atoms with Crippen LogP contribution in [0.15, 0.2) is 41.8 Å². The maximum atomic E-state index is 12.2. The summed E-state index contributed by atoms with van der Waals surface area (Å²) in [5.74, 6) is -0.171. The van der Waals surface area contributed by atoms with Crippen LogP contribution in [0.2, 0.25) is 0 Å². The lowest BCUT2D eigenvalue weighted by Gasteiger charge is -2.18. The first-order chi connectivity index (χ1) is 9.46. The molecule has 1 rings (SSSR count). The van der Waals surface area contributed by atoms with Gasteiger partial charge in [-0.1, -0.05) is 12.1 Å². The van der Waals surface area contributed by atoms with Crippen LogP contribution in [0, 0.1) is 0 Å². The Labute approximate surface area is 120 Å². The first-order valence-electron chi connectivity index (χ1n) is 6.46. The summed E-state index contributed by atoms with van der Waals surface area (Å²) >= 11 is 0. The molecule has 5 nitrogen and oxygen atoms in total. The topological polar surface area (TPSA) is 66.5 Å². The van der Waals surface area contributed by atoms with Crippen molar-refractivity contribution >= 4 is 15.9 Å². The molecule has 1 N–H and O–H groups in total. The maximum Gasteiger partial charge on any atom is 0.253 e. The standard InChI is InChI=1S/C14H20N2O3S/c1-4-10-15-20(18,19)13-9-7-8-12(11-13)14(17)16(5-2)6-3/h4,7-9,11,15H,1,5-6,10H2,2-3H3. The van der Waals surface area contributed by atoms with Gasteiger partial charge in [-0.25, -0.2) is 13.1 Å². The van der Waals surface area contributed by atoms with Crippen LogP contribution in [0.4, 0.5) is 0 Å². The molecule has 0 spiro atoms. The second-order valence-corrected chi connectivity index (χ2v) is 5.91. The Hall–Kier alpha value is -1.66. The van der Waals surface area contributed by atoms with Crippen LogP contribution < -0.4 is 4.72 Å². The van der Waals surface area contributed by atoms with Crippen LogP contribution in [-0.2, 0) is 10.0 Å². The molecule has 1 amide bonds. The lowest BCUT2D eigenvalue weighted by Crippen LogP contribution is -2.30. The largest absolute Gasteiger partial charge is 0.339 e. The van der Waals surface area contributed by atoms with Gasteiger partial charge in [-0.05, 0) is 32.0 Å². The van der Waals surface area contributed by atoms with E-state index >= 15 is 0 Å². The smallest absolute Gasteiger partial charge is 0.253 e. The number of rotatable bonds is 7.